The lowest BCUT2D eigenvalue weighted by Crippen LogP contribution is -2.41. The van der Waals surface area contributed by atoms with Crippen LogP contribution in [-0.4, -0.2) is 42.0 Å². The summed E-state index contributed by atoms with van der Waals surface area (Å²) in [5.41, 5.74) is 0. The second kappa shape index (κ2) is 6.33. The Morgan fingerprint density at radius 2 is 2.35 bits per heavy atom. The maximum atomic E-state index is 11.9. The molecule has 1 aliphatic rings. The number of ether oxygens (including phenoxy) is 1. The van der Waals surface area contributed by atoms with Gasteiger partial charge in [0.15, 0.2) is 6.10 Å². The van der Waals surface area contributed by atoms with Crippen LogP contribution in [0.25, 0.3) is 6.08 Å². The largest absolute Gasteiger partial charge is 0.449 e. The lowest BCUT2D eigenvalue weighted by Gasteiger charge is -2.17. The van der Waals surface area contributed by atoms with Gasteiger partial charge < -0.3 is 10.1 Å². The number of thiophene rings is 1. The number of rotatable bonds is 4. The van der Waals surface area contributed by atoms with Gasteiger partial charge in [0, 0.05) is 24.0 Å². The molecule has 1 atom stereocenters. The van der Waals surface area contributed by atoms with Gasteiger partial charge in [-0.1, -0.05) is 6.07 Å². The van der Waals surface area contributed by atoms with Gasteiger partial charge in [-0.15, -0.1) is 11.3 Å². The van der Waals surface area contributed by atoms with Crippen LogP contribution in [0.2, 0.25) is 0 Å². The third kappa shape index (κ3) is 3.45. The number of imide groups is 1. The number of urea groups is 1. The molecule has 0 bridgehead atoms. The van der Waals surface area contributed by atoms with Gasteiger partial charge in [0.05, 0.1) is 0 Å². The monoisotopic (exact) mass is 294 g/mol. The molecule has 0 saturated carbocycles. The standard InChI is InChI=1S/C13H14N2O4S/c1-9(12(17)15-7-6-14-13(15)18)19-11(16)5-4-10-3-2-8-20-10/h2-5,8-9H,6-7H2,1H3,(H,14,18)/b5-4+/t9-/m0/s1. The van der Waals surface area contributed by atoms with Crippen molar-refractivity contribution in [3.05, 3.63) is 28.5 Å². The van der Waals surface area contributed by atoms with E-state index < -0.39 is 24.0 Å². The molecular weight excluding hydrogens is 280 g/mol. The molecule has 0 aliphatic carbocycles. The Bertz CT molecular complexity index is 539. The van der Waals surface area contributed by atoms with E-state index in [-0.39, 0.29) is 0 Å². The summed E-state index contributed by atoms with van der Waals surface area (Å²) in [6, 6.07) is 3.28. The van der Waals surface area contributed by atoms with Crippen LogP contribution in [0.1, 0.15) is 11.8 Å². The molecule has 2 rings (SSSR count). The minimum Gasteiger partial charge on any atom is -0.449 e. The van der Waals surface area contributed by atoms with E-state index in [1.165, 1.54) is 24.3 Å². The van der Waals surface area contributed by atoms with E-state index in [9.17, 15) is 14.4 Å². The van der Waals surface area contributed by atoms with Gasteiger partial charge >= 0.3 is 12.0 Å². The normalized spacial score (nSPS) is 16.2. The summed E-state index contributed by atoms with van der Waals surface area (Å²) in [5, 5.41) is 4.41. The zero-order chi connectivity index (χ0) is 14.5. The fraction of sp³-hybridized carbons (Fsp3) is 0.308. The molecule has 2 heterocycles. The van der Waals surface area contributed by atoms with Crippen LogP contribution in [0.4, 0.5) is 4.79 Å². The Morgan fingerprint density at radius 1 is 1.55 bits per heavy atom. The molecular formula is C13H14N2O4S. The van der Waals surface area contributed by atoms with E-state index >= 15 is 0 Å². The van der Waals surface area contributed by atoms with Crippen molar-refractivity contribution in [2.75, 3.05) is 13.1 Å². The number of hydrogen-bond acceptors (Lipinski definition) is 5. The molecule has 7 heteroatoms. The lowest BCUT2D eigenvalue weighted by atomic mass is 10.3. The van der Waals surface area contributed by atoms with Crippen molar-refractivity contribution < 1.29 is 19.1 Å². The van der Waals surface area contributed by atoms with Gasteiger partial charge in [0.25, 0.3) is 5.91 Å². The molecule has 20 heavy (non-hydrogen) atoms. The van der Waals surface area contributed by atoms with E-state index in [2.05, 4.69) is 5.32 Å². The van der Waals surface area contributed by atoms with Crippen LogP contribution < -0.4 is 5.32 Å². The van der Waals surface area contributed by atoms with Gasteiger partial charge in [-0.3, -0.25) is 9.69 Å². The van der Waals surface area contributed by atoms with Gasteiger partial charge in [0.2, 0.25) is 0 Å². The number of nitrogens with one attached hydrogen (secondary N) is 1. The van der Waals surface area contributed by atoms with E-state index in [0.29, 0.717) is 13.1 Å². The van der Waals surface area contributed by atoms with Crippen LogP contribution in [0.5, 0.6) is 0 Å². The number of carbonyl (C=O) groups is 3. The first-order valence-corrected chi connectivity index (χ1v) is 6.97. The van der Waals surface area contributed by atoms with Crippen molar-refractivity contribution in [3.63, 3.8) is 0 Å². The molecule has 0 unspecified atom stereocenters. The maximum absolute atomic E-state index is 11.9. The highest BCUT2D eigenvalue weighted by Crippen LogP contribution is 2.10. The summed E-state index contributed by atoms with van der Waals surface area (Å²) in [6.07, 6.45) is 1.89. The molecule has 1 N–H and O–H groups in total. The third-order valence-corrected chi connectivity index (χ3v) is 3.53. The smallest absolute Gasteiger partial charge is 0.331 e. The summed E-state index contributed by atoms with van der Waals surface area (Å²) in [7, 11) is 0. The molecule has 106 valence electrons. The summed E-state index contributed by atoms with van der Waals surface area (Å²) >= 11 is 1.49. The molecule has 1 saturated heterocycles. The highest BCUT2D eigenvalue weighted by atomic mass is 32.1. The molecule has 1 aromatic heterocycles. The third-order valence-electron chi connectivity index (χ3n) is 2.69. The van der Waals surface area contributed by atoms with Crippen LogP contribution in [0, 0.1) is 0 Å². The Morgan fingerprint density at radius 3 is 2.95 bits per heavy atom. The van der Waals surface area contributed by atoms with E-state index in [0.717, 1.165) is 9.78 Å². The van der Waals surface area contributed by atoms with Gasteiger partial charge in [0.1, 0.15) is 0 Å². The van der Waals surface area contributed by atoms with Crippen molar-refractivity contribution in [2.24, 2.45) is 0 Å². The van der Waals surface area contributed by atoms with Gasteiger partial charge in [-0.2, -0.15) is 0 Å². The molecule has 1 fully saturated rings. The zero-order valence-corrected chi connectivity index (χ0v) is 11.7. The SMILES string of the molecule is C[C@H](OC(=O)/C=C/c1cccs1)C(=O)N1CCNC1=O. The Labute approximate surface area is 120 Å². The summed E-state index contributed by atoms with van der Waals surface area (Å²) in [6.45, 7) is 2.17. The topological polar surface area (TPSA) is 75.7 Å². The first-order valence-electron chi connectivity index (χ1n) is 6.09. The molecule has 0 radical (unpaired) electrons. The van der Waals surface area contributed by atoms with E-state index in [1.807, 2.05) is 17.5 Å². The van der Waals surface area contributed by atoms with Crippen molar-refractivity contribution in [3.8, 4) is 0 Å². The average molecular weight is 294 g/mol. The van der Waals surface area contributed by atoms with Crippen molar-refractivity contribution >= 4 is 35.3 Å². The summed E-state index contributed by atoms with van der Waals surface area (Å²) in [5.74, 6) is -1.13. The Kier molecular flexibility index (Phi) is 4.52. The van der Waals surface area contributed by atoms with Crippen LogP contribution in [0.15, 0.2) is 23.6 Å². The van der Waals surface area contributed by atoms with Crippen molar-refractivity contribution in [2.45, 2.75) is 13.0 Å². The van der Waals surface area contributed by atoms with Gasteiger partial charge in [-0.05, 0) is 24.4 Å². The predicted octanol–water partition coefficient (Wildman–Crippen LogP) is 1.24. The van der Waals surface area contributed by atoms with Crippen LogP contribution in [0.3, 0.4) is 0 Å². The van der Waals surface area contributed by atoms with Gasteiger partial charge in [-0.25, -0.2) is 9.59 Å². The first kappa shape index (κ1) is 14.3. The fourth-order valence-corrected chi connectivity index (χ4v) is 2.32. The fourth-order valence-electron chi connectivity index (χ4n) is 1.70. The predicted molar refractivity (Wildman–Crippen MR) is 74.0 cm³/mol. The molecule has 3 amide bonds. The highest BCUT2D eigenvalue weighted by molar-refractivity contribution is 7.10. The van der Waals surface area contributed by atoms with Crippen LogP contribution in [-0.2, 0) is 14.3 Å². The quantitative estimate of drug-likeness (QED) is 0.669. The molecule has 1 aliphatic heterocycles. The number of esters is 1. The first-order chi connectivity index (χ1) is 9.58. The minimum atomic E-state index is -0.987. The lowest BCUT2D eigenvalue weighted by molar-refractivity contribution is -0.153. The maximum Gasteiger partial charge on any atom is 0.331 e. The second-order valence-corrected chi connectivity index (χ2v) is 5.13. The van der Waals surface area contributed by atoms with E-state index in [4.69, 9.17) is 4.74 Å². The summed E-state index contributed by atoms with van der Waals surface area (Å²) in [4.78, 5) is 36.8. The molecule has 6 nitrogen and oxygen atoms in total. The Hall–Kier alpha value is -2.15. The molecule has 0 aromatic carbocycles. The minimum absolute atomic E-state index is 0.296. The van der Waals surface area contributed by atoms with Crippen LogP contribution >= 0.6 is 11.3 Å². The van der Waals surface area contributed by atoms with Crippen molar-refractivity contribution in [1.29, 1.82) is 0 Å². The second-order valence-electron chi connectivity index (χ2n) is 4.15. The molecule has 1 aromatic rings. The summed E-state index contributed by atoms with van der Waals surface area (Å²) < 4.78 is 4.98. The number of hydrogen-bond donors (Lipinski definition) is 1. The molecule has 0 spiro atoms. The number of nitrogens with zero attached hydrogens (tertiary/aromatic N) is 1. The van der Waals surface area contributed by atoms with E-state index in [1.54, 1.807) is 6.08 Å². The highest BCUT2D eigenvalue weighted by Gasteiger charge is 2.31. The zero-order valence-electron chi connectivity index (χ0n) is 10.9. The number of amides is 3. The number of carbonyl (C=O) groups excluding carboxylic acids is 3. The van der Waals surface area contributed by atoms with Crippen molar-refractivity contribution in [1.82, 2.24) is 10.2 Å². The Balaban J connectivity index is 1.87. The average Bonchev–Trinajstić information content (AvgIpc) is 3.06.